The number of carbonyl (C=O) groups is 2. The van der Waals surface area contributed by atoms with E-state index in [9.17, 15) is 14.0 Å². The number of carbonyl (C=O) groups excluding carboxylic acids is 1. The minimum atomic E-state index is -1.05. The monoisotopic (exact) mass is 347 g/mol. The average molecular weight is 348 g/mol. The summed E-state index contributed by atoms with van der Waals surface area (Å²) in [7, 11) is 0. The van der Waals surface area contributed by atoms with Gasteiger partial charge in [-0.1, -0.05) is 23.7 Å². The zero-order valence-corrected chi connectivity index (χ0v) is 13.6. The second kappa shape index (κ2) is 7.75. The summed E-state index contributed by atoms with van der Waals surface area (Å²) in [5, 5.41) is 9.33. The van der Waals surface area contributed by atoms with E-state index in [0.29, 0.717) is 11.3 Å². The first-order valence-electron chi connectivity index (χ1n) is 7.09. The second-order valence-corrected chi connectivity index (χ2v) is 5.57. The Morgan fingerprint density at radius 2 is 2.00 bits per heavy atom. The van der Waals surface area contributed by atoms with Crippen LogP contribution in [0, 0.1) is 5.82 Å². The number of aromatic carboxylic acids is 1. The lowest BCUT2D eigenvalue weighted by Gasteiger charge is -2.19. The van der Waals surface area contributed by atoms with Crippen LogP contribution in [0.3, 0.4) is 0 Å². The van der Waals surface area contributed by atoms with Gasteiger partial charge in [0, 0.05) is 11.9 Å². The summed E-state index contributed by atoms with van der Waals surface area (Å²) >= 11 is 5.98. The maximum atomic E-state index is 13.1. The van der Waals surface area contributed by atoms with Crippen molar-refractivity contribution >= 4 is 35.1 Å². The minimum Gasteiger partial charge on any atom is -0.478 e. The predicted molar refractivity (Wildman–Crippen MR) is 91.9 cm³/mol. The van der Waals surface area contributed by atoms with Crippen molar-refractivity contribution in [2.45, 2.75) is 6.92 Å². The molecule has 6 heteroatoms. The van der Waals surface area contributed by atoms with E-state index in [1.54, 1.807) is 29.3 Å². The Morgan fingerprint density at radius 3 is 2.62 bits per heavy atom. The molecular formula is C18H15ClFNO3. The quantitative estimate of drug-likeness (QED) is 0.849. The fourth-order valence-corrected chi connectivity index (χ4v) is 2.32. The molecule has 0 saturated carbocycles. The molecule has 2 rings (SSSR count). The van der Waals surface area contributed by atoms with Gasteiger partial charge in [-0.05, 0) is 48.9 Å². The number of ketones is 1. The lowest BCUT2D eigenvalue weighted by atomic mass is 10.1. The van der Waals surface area contributed by atoms with Gasteiger partial charge in [-0.3, -0.25) is 4.79 Å². The standard InChI is InChI=1S/C18H15ClFNO3/c1-12(22)11-21(16-4-2-3-14(9-16)18(23)24)8-7-13-5-6-15(20)10-17(13)19/h2-10H,11H2,1H3,(H,23,24). The molecule has 0 atom stereocenters. The van der Waals surface area contributed by atoms with Crippen LogP contribution >= 0.6 is 11.6 Å². The van der Waals surface area contributed by atoms with Crippen LogP contribution in [-0.2, 0) is 4.79 Å². The Hall–Kier alpha value is -2.66. The number of Topliss-reactive ketones (excluding diaryl/α,β-unsaturated/α-hetero) is 1. The first-order valence-corrected chi connectivity index (χ1v) is 7.47. The maximum absolute atomic E-state index is 13.1. The normalized spacial score (nSPS) is 10.8. The van der Waals surface area contributed by atoms with E-state index >= 15 is 0 Å². The van der Waals surface area contributed by atoms with Crippen molar-refractivity contribution < 1.29 is 19.1 Å². The summed E-state index contributed by atoms with van der Waals surface area (Å²) in [5.74, 6) is -1.58. The Bertz CT molecular complexity index is 805. The van der Waals surface area contributed by atoms with E-state index in [4.69, 9.17) is 16.7 Å². The zero-order valence-electron chi connectivity index (χ0n) is 12.9. The molecule has 0 aromatic heterocycles. The highest BCUT2D eigenvalue weighted by molar-refractivity contribution is 6.32. The molecule has 2 aromatic rings. The molecule has 0 amide bonds. The van der Waals surface area contributed by atoms with Crippen LogP contribution in [0.25, 0.3) is 6.08 Å². The number of halogens is 2. The van der Waals surface area contributed by atoms with Crippen molar-refractivity contribution in [2.24, 2.45) is 0 Å². The van der Waals surface area contributed by atoms with Crippen molar-refractivity contribution in [3.63, 3.8) is 0 Å². The highest BCUT2D eigenvalue weighted by Gasteiger charge is 2.10. The minimum absolute atomic E-state index is 0.0678. The van der Waals surface area contributed by atoms with E-state index in [-0.39, 0.29) is 22.9 Å². The largest absolute Gasteiger partial charge is 0.478 e. The summed E-state index contributed by atoms with van der Waals surface area (Å²) in [6, 6.07) is 10.2. The third-order valence-corrected chi connectivity index (χ3v) is 3.54. The molecule has 0 aliphatic heterocycles. The first kappa shape index (κ1) is 17.7. The molecule has 0 fully saturated rings. The van der Waals surface area contributed by atoms with Gasteiger partial charge in [0.05, 0.1) is 17.1 Å². The van der Waals surface area contributed by atoms with Crippen LogP contribution in [0.15, 0.2) is 48.7 Å². The van der Waals surface area contributed by atoms with Gasteiger partial charge in [0.1, 0.15) is 11.6 Å². The lowest BCUT2D eigenvalue weighted by Crippen LogP contribution is -2.23. The lowest BCUT2D eigenvalue weighted by molar-refractivity contribution is -0.115. The van der Waals surface area contributed by atoms with E-state index in [1.165, 1.54) is 37.3 Å². The van der Waals surface area contributed by atoms with Gasteiger partial charge < -0.3 is 10.0 Å². The fraction of sp³-hybridized carbons (Fsp3) is 0.111. The Kier molecular flexibility index (Phi) is 5.71. The summed E-state index contributed by atoms with van der Waals surface area (Å²) in [6.07, 6.45) is 3.25. The van der Waals surface area contributed by atoms with Crippen LogP contribution in [-0.4, -0.2) is 23.4 Å². The summed E-state index contributed by atoms with van der Waals surface area (Å²) < 4.78 is 13.1. The molecule has 124 valence electrons. The molecule has 0 saturated heterocycles. The summed E-state index contributed by atoms with van der Waals surface area (Å²) in [5.41, 5.74) is 1.26. The van der Waals surface area contributed by atoms with Crippen molar-refractivity contribution in [3.8, 4) is 0 Å². The summed E-state index contributed by atoms with van der Waals surface area (Å²) in [6.45, 7) is 1.51. The molecule has 1 N–H and O–H groups in total. The predicted octanol–water partition coefficient (Wildman–Crippen LogP) is 4.24. The molecule has 0 aliphatic rings. The van der Waals surface area contributed by atoms with Gasteiger partial charge in [0.25, 0.3) is 0 Å². The first-order chi connectivity index (χ1) is 11.4. The van der Waals surface area contributed by atoms with E-state index < -0.39 is 11.8 Å². The van der Waals surface area contributed by atoms with Gasteiger partial charge in [0.2, 0.25) is 0 Å². The van der Waals surface area contributed by atoms with Gasteiger partial charge in [-0.2, -0.15) is 0 Å². The van der Waals surface area contributed by atoms with Crippen molar-refractivity contribution in [1.29, 1.82) is 0 Å². The number of hydrogen-bond donors (Lipinski definition) is 1. The van der Waals surface area contributed by atoms with Gasteiger partial charge in [-0.25, -0.2) is 9.18 Å². The molecular weight excluding hydrogens is 333 g/mol. The van der Waals surface area contributed by atoms with Crippen LogP contribution in [0.2, 0.25) is 5.02 Å². The van der Waals surface area contributed by atoms with Crippen LogP contribution < -0.4 is 4.90 Å². The van der Waals surface area contributed by atoms with Crippen LogP contribution in [0.5, 0.6) is 0 Å². The molecule has 0 bridgehead atoms. The number of carboxylic acid groups (broad SMARTS) is 1. The SMILES string of the molecule is CC(=O)CN(C=Cc1ccc(F)cc1Cl)c1cccc(C(=O)O)c1. The second-order valence-electron chi connectivity index (χ2n) is 5.17. The van der Waals surface area contributed by atoms with Gasteiger partial charge >= 0.3 is 5.97 Å². The Morgan fingerprint density at radius 1 is 1.25 bits per heavy atom. The molecule has 0 radical (unpaired) electrons. The molecule has 24 heavy (non-hydrogen) atoms. The Balaban J connectivity index is 2.34. The maximum Gasteiger partial charge on any atom is 0.335 e. The fourth-order valence-electron chi connectivity index (χ4n) is 2.09. The average Bonchev–Trinajstić information content (AvgIpc) is 2.52. The third kappa shape index (κ3) is 4.67. The smallest absolute Gasteiger partial charge is 0.335 e. The Labute approximate surface area is 143 Å². The van der Waals surface area contributed by atoms with E-state index in [2.05, 4.69) is 0 Å². The highest BCUT2D eigenvalue weighted by atomic mass is 35.5. The number of nitrogens with zero attached hydrogens (tertiary/aromatic N) is 1. The third-order valence-electron chi connectivity index (χ3n) is 3.21. The number of anilines is 1. The van der Waals surface area contributed by atoms with Gasteiger partial charge in [-0.15, -0.1) is 0 Å². The van der Waals surface area contributed by atoms with Crippen molar-refractivity contribution in [1.82, 2.24) is 0 Å². The highest BCUT2D eigenvalue weighted by Crippen LogP contribution is 2.21. The molecule has 2 aromatic carbocycles. The van der Waals surface area contributed by atoms with Crippen molar-refractivity contribution in [3.05, 3.63) is 70.6 Å². The van der Waals surface area contributed by atoms with E-state index in [0.717, 1.165) is 0 Å². The zero-order chi connectivity index (χ0) is 17.7. The number of rotatable bonds is 6. The van der Waals surface area contributed by atoms with E-state index in [1.807, 2.05) is 0 Å². The molecule has 0 aliphatic carbocycles. The molecule has 4 nitrogen and oxygen atoms in total. The van der Waals surface area contributed by atoms with Gasteiger partial charge in [0.15, 0.2) is 0 Å². The number of carboxylic acids is 1. The number of benzene rings is 2. The van der Waals surface area contributed by atoms with Crippen LogP contribution in [0.1, 0.15) is 22.8 Å². The molecule has 0 unspecified atom stereocenters. The van der Waals surface area contributed by atoms with Crippen molar-refractivity contribution in [2.75, 3.05) is 11.4 Å². The number of hydrogen-bond acceptors (Lipinski definition) is 3. The van der Waals surface area contributed by atoms with Crippen LogP contribution in [0.4, 0.5) is 10.1 Å². The topological polar surface area (TPSA) is 57.6 Å². The molecule has 0 heterocycles. The molecule has 0 spiro atoms. The summed E-state index contributed by atoms with van der Waals surface area (Å²) in [4.78, 5) is 24.2.